The third kappa shape index (κ3) is 5.02. The predicted molar refractivity (Wildman–Crippen MR) is 113 cm³/mol. The molecule has 4 nitrogen and oxygen atoms in total. The summed E-state index contributed by atoms with van der Waals surface area (Å²) in [4.78, 5) is 18.9. The highest BCUT2D eigenvalue weighted by atomic mass is 32.1. The molecule has 0 saturated heterocycles. The molecule has 1 N–H and O–H groups in total. The van der Waals surface area contributed by atoms with Gasteiger partial charge in [0.25, 0.3) is 0 Å². The molecule has 0 aliphatic carbocycles. The van der Waals surface area contributed by atoms with Crippen molar-refractivity contribution in [2.24, 2.45) is 0 Å². The quantitative estimate of drug-likeness (QED) is 0.669. The van der Waals surface area contributed by atoms with Crippen LogP contribution in [0.25, 0.3) is 11.3 Å². The number of hydrogen-bond acceptors (Lipinski definition) is 4. The van der Waals surface area contributed by atoms with E-state index in [0.29, 0.717) is 11.7 Å². The highest BCUT2D eigenvalue weighted by molar-refractivity contribution is 7.14. The molecule has 140 valence electrons. The molecule has 3 aromatic rings. The summed E-state index contributed by atoms with van der Waals surface area (Å²) < 4.78 is 0. The zero-order chi connectivity index (χ0) is 19.4. The number of nitrogens with zero attached hydrogens (tertiary/aromatic N) is 2. The lowest BCUT2D eigenvalue weighted by atomic mass is 9.99. The molecule has 0 saturated carbocycles. The molecule has 0 aliphatic rings. The first kappa shape index (κ1) is 19.3. The van der Waals surface area contributed by atoms with Crippen molar-refractivity contribution in [1.29, 1.82) is 0 Å². The number of nitrogens with one attached hydrogen (secondary N) is 1. The smallest absolute Gasteiger partial charge is 0.240 e. The van der Waals surface area contributed by atoms with Crippen LogP contribution >= 0.6 is 11.3 Å². The molecule has 0 spiro atoms. The third-order valence-electron chi connectivity index (χ3n) is 4.58. The lowest BCUT2D eigenvalue weighted by Crippen LogP contribution is -2.29. The number of aromatic nitrogens is 1. The van der Waals surface area contributed by atoms with Gasteiger partial charge in [-0.1, -0.05) is 36.4 Å². The van der Waals surface area contributed by atoms with E-state index in [1.807, 2.05) is 35.5 Å². The van der Waals surface area contributed by atoms with E-state index in [4.69, 9.17) is 0 Å². The van der Waals surface area contributed by atoms with Gasteiger partial charge in [0.05, 0.1) is 12.2 Å². The third-order valence-corrected chi connectivity index (χ3v) is 5.33. The molecule has 27 heavy (non-hydrogen) atoms. The Bertz CT molecular complexity index is 934. The van der Waals surface area contributed by atoms with Crippen molar-refractivity contribution >= 4 is 22.4 Å². The molecule has 2 aromatic carbocycles. The van der Waals surface area contributed by atoms with E-state index in [1.165, 1.54) is 33.6 Å². The number of likely N-dealkylation sites (N-methyl/N-ethyl adjacent to an activating group) is 1. The molecule has 0 radical (unpaired) electrons. The normalized spacial score (nSPS) is 11.0. The van der Waals surface area contributed by atoms with Gasteiger partial charge in [0.1, 0.15) is 0 Å². The molecule has 0 fully saturated rings. The first-order valence-electron chi connectivity index (χ1n) is 8.98. The standard InChI is InChI=1S/C22H25N3OS/c1-15-10-17(3)19(11-16(15)2)20-14-27-22(23-20)24-21(26)13-25(4)12-18-8-6-5-7-9-18/h5-11,14H,12-13H2,1-4H3,(H,23,24,26). The van der Waals surface area contributed by atoms with Gasteiger partial charge < -0.3 is 5.32 Å². The van der Waals surface area contributed by atoms with Gasteiger partial charge in [0, 0.05) is 17.5 Å². The summed E-state index contributed by atoms with van der Waals surface area (Å²) in [5, 5.41) is 5.56. The molecule has 0 aliphatic heterocycles. The molecule has 1 aromatic heterocycles. The van der Waals surface area contributed by atoms with E-state index >= 15 is 0 Å². The van der Waals surface area contributed by atoms with Crippen molar-refractivity contribution in [1.82, 2.24) is 9.88 Å². The summed E-state index contributed by atoms with van der Waals surface area (Å²) in [5.74, 6) is -0.0499. The Morgan fingerprint density at radius 2 is 1.78 bits per heavy atom. The van der Waals surface area contributed by atoms with Gasteiger partial charge in [-0.25, -0.2) is 4.98 Å². The maximum atomic E-state index is 12.3. The largest absolute Gasteiger partial charge is 0.301 e. The predicted octanol–water partition coefficient (Wildman–Crippen LogP) is 4.81. The second-order valence-corrected chi connectivity index (χ2v) is 7.85. The summed E-state index contributed by atoms with van der Waals surface area (Å²) >= 11 is 1.46. The van der Waals surface area contributed by atoms with Crippen LogP contribution in [-0.2, 0) is 11.3 Å². The van der Waals surface area contributed by atoms with Gasteiger partial charge in [-0.3, -0.25) is 9.69 Å². The van der Waals surface area contributed by atoms with Crippen molar-refractivity contribution in [3.05, 3.63) is 70.1 Å². The number of anilines is 1. The minimum atomic E-state index is -0.0499. The minimum Gasteiger partial charge on any atom is -0.301 e. The van der Waals surface area contributed by atoms with Crippen LogP contribution in [0.15, 0.2) is 47.8 Å². The Kier molecular flexibility index (Phi) is 6.04. The summed E-state index contributed by atoms with van der Waals surface area (Å²) in [7, 11) is 1.94. The summed E-state index contributed by atoms with van der Waals surface area (Å²) in [5.41, 5.74) is 6.95. The van der Waals surface area contributed by atoms with Gasteiger partial charge in [0.15, 0.2) is 5.13 Å². The van der Waals surface area contributed by atoms with E-state index in [9.17, 15) is 4.79 Å². The first-order valence-corrected chi connectivity index (χ1v) is 9.86. The average molecular weight is 380 g/mol. The second-order valence-electron chi connectivity index (χ2n) is 7.00. The van der Waals surface area contributed by atoms with Crippen LogP contribution < -0.4 is 5.32 Å². The number of thiazole rings is 1. The fourth-order valence-electron chi connectivity index (χ4n) is 3.05. The Morgan fingerprint density at radius 1 is 1.07 bits per heavy atom. The maximum Gasteiger partial charge on any atom is 0.240 e. The van der Waals surface area contributed by atoms with E-state index in [2.05, 4.69) is 55.3 Å². The number of rotatable bonds is 6. The number of carbonyl (C=O) groups is 1. The van der Waals surface area contributed by atoms with Crippen LogP contribution in [0.5, 0.6) is 0 Å². The zero-order valence-corrected chi connectivity index (χ0v) is 17.1. The lowest BCUT2D eigenvalue weighted by Gasteiger charge is -2.15. The molecular weight excluding hydrogens is 354 g/mol. The second kappa shape index (κ2) is 8.46. The fraction of sp³-hybridized carbons (Fsp3) is 0.273. The molecule has 3 rings (SSSR count). The Hall–Kier alpha value is -2.50. The minimum absolute atomic E-state index is 0.0499. The van der Waals surface area contributed by atoms with Crippen LogP contribution in [-0.4, -0.2) is 29.4 Å². The lowest BCUT2D eigenvalue weighted by molar-refractivity contribution is -0.117. The average Bonchev–Trinajstić information content (AvgIpc) is 3.06. The van der Waals surface area contributed by atoms with Crippen molar-refractivity contribution in [3.8, 4) is 11.3 Å². The topological polar surface area (TPSA) is 45.2 Å². The highest BCUT2D eigenvalue weighted by Gasteiger charge is 2.12. The van der Waals surface area contributed by atoms with Crippen LogP contribution in [0.1, 0.15) is 22.3 Å². The van der Waals surface area contributed by atoms with Crippen molar-refractivity contribution in [2.45, 2.75) is 27.3 Å². The highest BCUT2D eigenvalue weighted by Crippen LogP contribution is 2.29. The number of aryl methyl sites for hydroxylation is 3. The zero-order valence-electron chi connectivity index (χ0n) is 16.2. The van der Waals surface area contributed by atoms with E-state index in [0.717, 1.165) is 17.8 Å². The van der Waals surface area contributed by atoms with Crippen LogP contribution in [0, 0.1) is 20.8 Å². The van der Waals surface area contributed by atoms with Gasteiger partial charge >= 0.3 is 0 Å². The molecule has 0 bridgehead atoms. The van der Waals surface area contributed by atoms with Crippen molar-refractivity contribution in [3.63, 3.8) is 0 Å². The summed E-state index contributed by atoms with van der Waals surface area (Å²) in [6.45, 7) is 7.38. The van der Waals surface area contributed by atoms with Gasteiger partial charge in [-0.15, -0.1) is 11.3 Å². The van der Waals surface area contributed by atoms with E-state index in [-0.39, 0.29) is 5.91 Å². The maximum absolute atomic E-state index is 12.3. The molecule has 1 heterocycles. The molecule has 0 atom stereocenters. The molecular formula is C22H25N3OS. The van der Waals surface area contributed by atoms with Gasteiger partial charge in [-0.2, -0.15) is 0 Å². The monoisotopic (exact) mass is 379 g/mol. The summed E-state index contributed by atoms with van der Waals surface area (Å²) in [6, 6.07) is 14.5. The van der Waals surface area contributed by atoms with E-state index in [1.54, 1.807) is 0 Å². The van der Waals surface area contributed by atoms with Crippen LogP contribution in [0.2, 0.25) is 0 Å². The van der Waals surface area contributed by atoms with Crippen LogP contribution in [0.3, 0.4) is 0 Å². The first-order chi connectivity index (χ1) is 12.9. The Labute approximate surface area is 164 Å². The number of amides is 1. The van der Waals surface area contributed by atoms with E-state index < -0.39 is 0 Å². The van der Waals surface area contributed by atoms with Crippen molar-refractivity contribution in [2.75, 3.05) is 18.9 Å². The molecule has 1 amide bonds. The fourth-order valence-corrected chi connectivity index (χ4v) is 3.77. The Morgan fingerprint density at radius 3 is 2.52 bits per heavy atom. The van der Waals surface area contributed by atoms with Crippen LogP contribution in [0.4, 0.5) is 5.13 Å². The molecule has 0 unspecified atom stereocenters. The van der Waals surface area contributed by atoms with Gasteiger partial charge in [-0.05, 0) is 56.1 Å². The summed E-state index contributed by atoms with van der Waals surface area (Å²) in [6.07, 6.45) is 0. The van der Waals surface area contributed by atoms with Crippen molar-refractivity contribution < 1.29 is 4.79 Å². The molecule has 5 heteroatoms. The number of carbonyl (C=O) groups excluding carboxylic acids is 1. The SMILES string of the molecule is Cc1cc(C)c(-c2csc(NC(=O)CN(C)Cc3ccccc3)n2)cc1C. The Balaban J connectivity index is 1.62. The van der Waals surface area contributed by atoms with Gasteiger partial charge in [0.2, 0.25) is 5.91 Å². The number of benzene rings is 2. The number of hydrogen-bond donors (Lipinski definition) is 1.